The predicted octanol–water partition coefficient (Wildman–Crippen LogP) is 2.30. The second-order valence-corrected chi connectivity index (χ2v) is 6.16. The molecule has 0 bridgehead atoms. The molecule has 1 rings (SSSR count). The van der Waals surface area contributed by atoms with E-state index in [0.717, 1.165) is 39.3 Å². The minimum Gasteiger partial charge on any atom is -0.392 e. The van der Waals surface area contributed by atoms with Crippen LogP contribution in [-0.2, 0) is 6.61 Å². The second-order valence-electron chi connectivity index (χ2n) is 6.16. The fourth-order valence-electron chi connectivity index (χ4n) is 2.96. The summed E-state index contributed by atoms with van der Waals surface area (Å²) < 4.78 is 0. The van der Waals surface area contributed by atoms with Gasteiger partial charge in [0, 0.05) is 31.7 Å². The van der Waals surface area contributed by atoms with Crippen molar-refractivity contribution in [2.75, 3.05) is 52.4 Å². The van der Waals surface area contributed by atoms with E-state index in [4.69, 9.17) is 0 Å². The molecule has 1 amide bonds. The first-order valence-corrected chi connectivity index (χ1v) is 9.53. The molecule has 0 saturated heterocycles. The highest BCUT2D eigenvalue weighted by Gasteiger charge is 2.19. The van der Waals surface area contributed by atoms with Crippen molar-refractivity contribution in [2.24, 2.45) is 0 Å². The predicted molar refractivity (Wildman–Crippen MR) is 104 cm³/mol. The van der Waals surface area contributed by atoms with Crippen LogP contribution in [0.4, 0.5) is 0 Å². The van der Waals surface area contributed by atoms with Crippen LogP contribution in [0.3, 0.4) is 0 Å². The largest absolute Gasteiger partial charge is 0.392 e. The van der Waals surface area contributed by atoms with E-state index in [0.29, 0.717) is 24.2 Å². The zero-order chi connectivity index (χ0) is 18.7. The molecule has 0 aromatic heterocycles. The molecule has 0 aliphatic heterocycles. The number of hydrogen-bond acceptors (Lipinski definition) is 4. The lowest BCUT2D eigenvalue weighted by Crippen LogP contribution is -2.43. The van der Waals surface area contributed by atoms with E-state index in [2.05, 4.69) is 37.5 Å². The number of carbonyl (C=O) groups is 1. The van der Waals surface area contributed by atoms with Gasteiger partial charge >= 0.3 is 0 Å². The van der Waals surface area contributed by atoms with Crippen molar-refractivity contribution in [1.82, 2.24) is 14.7 Å². The van der Waals surface area contributed by atoms with Crippen molar-refractivity contribution >= 4 is 5.91 Å². The summed E-state index contributed by atoms with van der Waals surface area (Å²) in [4.78, 5) is 19.7. The molecule has 0 atom stereocenters. The Labute approximate surface area is 153 Å². The molecule has 1 aromatic rings. The molecule has 5 heteroatoms. The average molecular weight is 350 g/mol. The molecule has 0 radical (unpaired) electrons. The van der Waals surface area contributed by atoms with E-state index < -0.39 is 0 Å². The fraction of sp³-hybridized carbons (Fsp3) is 0.650. The van der Waals surface area contributed by atoms with Crippen molar-refractivity contribution in [2.45, 2.75) is 34.3 Å². The van der Waals surface area contributed by atoms with E-state index in [1.54, 1.807) is 0 Å². The summed E-state index contributed by atoms with van der Waals surface area (Å²) in [5.41, 5.74) is 1.31. The third-order valence-corrected chi connectivity index (χ3v) is 4.87. The third-order valence-electron chi connectivity index (χ3n) is 4.87. The summed E-state index contributed by atoms with van der Waals surface area (Å²) in [6.07, 6.45) is 0. The van der Waals surface area contributed by atoms with Crippen LogP contribution >= 0.6 is 0 Å². The highest BCUT2D eigenvalue weighted by atomic mass is 16.3. The van der Waals surface area contributed by atoms with Gasteiger partial charge in [-0.2, -0.15) is 0 Å². The summed E-state index contributed by atoms with van der Waals surface area (Å²) in [7, 11) is 0. The molecule has 1 N–H and O–H groups in total. The Morgan fingerprint density at radius 1 is 0.840 bits per heavy atom. The number of likely N-dealkylation sites (N-methyl/N-ethyl adjacent to an activating group) is 2. The van der Waals surface area contributed by atoms with Gasteiger partial charge < -0.3 is 19.8 Å². The van der Waals surface area contributed by atoms with Crippen LogP contribution in [0.15, 0.2) is 24.3 Å². The Bertz CT molecular complexity index is 483. The number of amides is 1. The number of hydrogen-bond donors (Lipinski definition) is 1. The van der Waals surface area contributed by atoms with Gasteiger partial charge in [0.25, 0.3) is 5.91 Å². The Morgan fingerprint density at radius 2 is 1.32 bits per heavy atom. The lowest BCUT2D eigenvalue weighted by molar-refractivity contribution is 0.0714. The van der Waals surface area contributed by atoms with E-state index in [-0.39, 0.29) is 12.5 Å². The van der Waals surface area contributed by atoms with Gasteiger partial charge in [-0.1, -0.05) is 45.9 Å². The van der Waals surface area contributed by atoms with Crippen LogP contribution in [0.1, 0.15) is 43.6 Å². The number of nitrogens with zero attached hydrogens (tertiary/aromatic N) is 3. The summed E-state index contributed by atoms with van der Waals surface area (Å²) in [5.74, 6) is 0.0176. The van der Waals surface area contributed by atoms with E-state index >= 15 is 0 Å². The summed E-state index contributed by atoms with van der Waals surface area (Å²) >= 11 is 0. The van der Waals surface area contributed by atoms with Gasteiger partial charge in [-0.3, -0.25) is 4.79 Å². The van der Waals surface area contributed by atoms with Crippen molar-refractivity contribution in [3.05, 3.63) is 35.4 Å². The van der Waals surface area contributed by atoms with Gasteiger partial charge in [-0.15, -0.1) is 0 Å². The maximum absolute atomic E-state index is 13.1. The van der Waals surface area contributed by atoms with Crippen LogP contribution in [0.25, 0.3) is 0 Å². The summed E-state index contributed by atoms with van der Waals surface area (Å²) in [6.45, 7) is 15.6. The van der Waals surface area contributed by atoms with E-state index in [1.807, 2.05) is 29.2 Å². The lowest BCUT2D eigenvalue weighted by Gasteiger charge is -2.29. The molecule has 0 spiro atoms. The first-order chi connectivity index (χ1) is 12.1. The first-order valence-electron chi connectivity index (χ1n) is 9.53. The van der Waals surface area contributed by atoms with Crippen LogP contribution < -0.4 is 0 Å². The zero-order valence-electron chi connectivity index (χ0n) is 16.4. The normalized spacial score (nSPS) is 11.3. The molecule has 0 fully saturated rings. The number of benzene rings is 1. The fourth-order valence-corrected chi connectivity index (χ4v) is 2.96. The Hall–Kier alpha value is -1.43. The summed E-state index contributed by atoms with van der Waals surface area (Å²) in [5, 5.41) is 9.55. The van der Waals surface area contributed by atoms with E-state index in [1.165, 1.54) is 0 Å². The molecular formula is C20H35N3O2. The monoisotopic (exact) mass is 349 g/mol. The third kappa shape index (κ3) is 6.77. The van der Waals surface area contributed by atoms with Crippen LogP contribution in [-0.4, -0.2) is 78.1 Å². The van der Waals surface area contributed by atoms with Crippen molar-refractivity contribution in [3.63, 3.8) is 0 Å². The molecule has 25 heavy (non-hydrogen) atoms. The molecule has 0 heterocycles. The molecule has 0 unspecified atom stereocenters. The summed E-state index contributed by atoms with van der Waals surface area (Å²) in [6, 6.07) is 7.35. The van der Waals surface area contributed by atoms with E-state index in [9.17, 15) is 9.90 Å². The van der Waals surface area contributed by atoms with Gasteiger partial charge in [-0.25, -0.2) is 0 Å². The van der Waals surface area contributed by atoms with Crippen LogP contribution in [0.5, 0.6) is 0 Å². The molecular weight excluding hydrogens is 314 g/mol. The smallest absolute Gasteiger partial charge is 0.254 e. The highest BCUT2D eigenvalue weighted by molar-refractivity contribution is 5.95. The van der Waals surface area contributed by atoms with Crippen molar-refractivity contribution in [3.8, 4) is 0 Å². The van der Waals surface area contributed by atoms with Crippen molar-refractivity contribution < 1.29 is 9.90 Å². The van der Waals surface area contributed by atoms with Crippen LogP contribution in [0, 0.1) is 0 Å². The van der Waals surface area contributed by atoms with Gasteiger partial charge in [-0.05, 0) is 37.8 Å². The van der Waals surface area contributed by atoms with Crippen LogP contribution in [0.2, 0.25) is 0 Å². The maximum Gasteiger partial charge on any atom is 0.254 e. The van der Waals surface area contributed by atoms with Crippen molar-refractivity contribution in [1.29, 1.82) is 0 Å². The first kappa shape index (κ1) is 21.6. The van der Waals surface area contributed by atoms with Gasteiger partial charge in [0.05, 0.1) is 6.61 Å². The quantitative estimate of drug-likeness (QED) is 0.629. The molecule has 1 aromatic carbocycles. The minimum atomic E-state index is -0.109. The Kier molecular flexibility index (Phi) is 10.4. The highest BCUT2D eigenvalue weighted by Crippen LogP contribution is 2.12. The standard InChI is InChI=1S/C20H35N3O2/c1-5-21(6-2)13-15-23(16-14-22(7-3)8-4)20(25)19-12-10-9-11-18(19)17-24/h9-12,24H,5-8,13-17H2,1-4H3. The Morgan fingerprint density at radius 3 is 1.76 bits per heavy atom. The SMILES string of the molecule is CCN(CC)CCN(CCN(CC)CC)C(=O)c1ccccc1CO. The number of aliphatic hydroxyl groups is 1. The molecule has 0 aliphatic carbocycles. The average Bonchev–Trinajstić information content (AvgIpc) is 2.67. The number of carbonyl (C=O) groups excluding carboxylic acids is 1. The topological polar surface area (TPSA) is 47.0 Å². The molecule has 0 aliphatic rings. The number of aliphatic hydroxyl groups excluding tert-OH is 1. The lowest BCUT2D eigenvalue weighted by atomic mass is 10.1. The second kappa shape index (κ2) is 12.0. The van der Waals surface area contributed by atoms with Gasteiger partial charge in [0.1, 0.15) is 0 Å². The van der Waals surface area contributed by atoms with Gasteiger partial charge in [0.15, 0.2) is 0 Å². The molecule has 5 nitrogen and oxygen atoms in total. The zero-order valence-corrected chi connectivity index (χ0v) is 16.4. The molecule has 0 saturated carbocycles. The van der Waals surface area contributed by atoms with Gasteiger partial charge in [0.2, 0.25) is 0 Å². The minimum absolute atomic E-state index is 0.0176. The molecule has 142 valence electrons. The number of rotatable bonds is 12. The Balaban J connectivity index is 2.89. The maximum atomic E-state index is 13.1.